The van der Waals surface area contributed by atoms with E-state index in [0.717, 1.165) is 25.8 Å². The fourth-order valence-electron chi connectivity index (χ4n) is 2.38. The molecule has 2 rings (SSSR count). The highest BCUT2D eigenvalue weighted by molar-refractivity contribution is 5.91. The number of rotatable bonds is 2. The summed E-state index contributed by atoms with van der Waals surface area (Å²) in [5.41, 5.74) is 5.94. The molecule has 0 spiro atoms. The topological polar surface area (TPSA) is 64.8 Å². The molecule has 2 unspecified atom stereocenters. The minimum atomic E-state index is -0.0910. The second-order valence-electron chi connectivity index (χ2n) is 4.62. The molecule has 1 saturated heterocycles. The average molecular weight is 240 g/mol. The number of carbonyl (C=O) groups is 1. The standard InChI is InChI=1S/C12H20N2O3/c1-9(13)10-4-2-3-5-14(10)12(15)11-8-16-6-7-17-11/h8-10H,2-7,13H2,1H3. The second kappa shape index (κ2) is 5.40. The van der Waals surface area contributed by atoms with Gasteiger partial charge in [0.15, 0.2) is 0 Å². The molecular weight excluding hydrogens is 220 g/mol. The molecule has 2 aliphatic rings. The number of hydrogen-bond donors (Lipinski definition) is 1. The lowest BCUT2D eigenvalue weighted by atomic mass is 9.97. The van der Waals surface area contributed by atoms with Crippen LogP contribution in [0.3, 0.4) is 0 Å². The highest BCUT2D eigenvalue weighted by Gasteiger charge is 2.32. The molecule has 17 heavy (non-hydrogen) atoms. The second-order valence-corrected chi connectivity index (χ2v) is 4.62. The highest BCUT2D eigenvalue weighted by atomic mass is 16.6. The van der Waals surface area contributed by atoms with Gasteiger partial charge in [0.2, 0.25) is 5.76 Å². The van der Waals surface area contributed by atoms with Gasteiger partial charge in [-0.1, -0.05) is 0 Å². The molecule has 5 nitrogen and oxygen atoms in total. The van der Waals surface area contributed by atoms with Gasteiger partial charge in [0, 0.05) is 18.6 Å². The minimum Gasteiger partial charge on any atom is -0.494 e. The summed E-state index contributed by atoms with van der Waals surface area (Å²) in [6.45, 7) is 3.65. The number of amides is 1. The summed E-state index contributed by atoms with van der Waals surface area (Å²) in [7, 11) is 0. The van der Waals surface area contributed by atoms with Gasteiger partial charge in [-0.25, -0.2) is 0 Å². The fraction of sp³-hybridized carbons (Fsp3) is 0.750. The molecule has 0 saturated carbocycles. The predicted octanol–water partition coefficient (Wildman–Crippen LogP) is 0.603. The SMILES string of the molecule is CC(N)C1CCCCN1C(=O)C1=COCCO1. The van der Waals surface area contributed by atoms with Crippen molar-refractivity contribution in [2.24, 2.45) is 5.73 Å². The molecule has 5 heteroatoms. The smallest absolute Gasteiger partial charge is 0.292 e. The lowest BCUT2D eigenvalue weighted by Gasteiger charge is -2.38. The third-order valence-corrected chi connectivity index (χ3v) is 3.28. The molecule has 2 heterocycles. The van der Waals surface area contributed by atoms with Gasteiger partial charge in [0.1, 0.15) is 19.5 Å². The summed E-state index contributed by atoms with van der Waals surface area (Å²) < 4.78 is 10.4. The molecule has 0 aromatic heterocycles. The van der Waals surface area contributed by atoms with E-state index in [9.17, 15) is 4.79 Å². The Balaban J connectivity index is 2.07. The van der Waals surface area contributed by atoms with Crippen LogP contribution in [0.5, 0.6) is 0 Å². The maximum absolute atomic E-state index is 12.3. The molecule has 2 aliphatic heterocycles. The van der Waals surface area contributed by atoms with Gasteiger partial charge >= 0.3 is 0 Å². The number of nitrogens with two attached hydrogens (primary N) is 1. The average Bonchev–Trinajstić information content (AvgIpc) is 2.39. The van der Waals surface area contributed by atoms with Gasteiger partial charge in [0.25, 0.3) is 5.91 Å². The first-order valence-corrected chi connectivity index (χ1v) is 6.21. The maximum atomic E-state index is 12.3. The molecule has 1 fully saturated rings. The van der Waals surface area contributed by atoms with E-state index in [0.29, 0.717) is 19.0 Å². The monoisotopic (exact) mass is 240 g/mol. The third-order valence-electron chi connectivity index (χ3n) is 3.28. The van der Waals surface area contributed by atoms with Crippen LogP contribution in [-0.2, 0) is 14.3 Å². The van der Waals surface area contributed by atoms with Crippen LogP contribution >= 0.6 is 0 Å². The lowest BCUT2D eigenvalue weighted by Crippen LogP contribution is -2.52. The van der Waals surface area contributed by atoms with E-state index in [1.165, 1.54) is 6.26 Å². The van der Waals surface area contributed by atoms with E-state index in [1.54, 1.807) is 0 Å². The van der Waals surface area contributed by atoms with Gasteiger partial charge in [-0.2, -0.15) is 0 Å². The Morgan fingerprint density at radius 1 is 1.53 bits per heavy atom. The fourth-order valence-corrected chi connectivity index (χ4v) is 2.38. The number of hydrogen-bond acceptors (Lipinski definition) is 4. The summed E-state index contributed by atoms with van der Waals surface area (Å²) in [4.78, 5) is 14.1. The predicted molar refractivity (Wildman–Crippen MR) is 63.0 cm³/mol. The van der Waals surface area contributed by atoms with Crippen LogP contribution in [0.1, 0.15) is 26.2 Å². The van der Waals surface area contributed by atoms with Crippen LogP contribution in [0.4, 0.5) is 0 Å². The van der Waals surface area contributed by atoms with E-state index >= 15 is 0 Å². The van der Waals surface area contributed by atoms with Gasteiger partial charge in [0.05, 0.1) is 0 Å². The minimum absolute atomic E-state index is 0.00985. The Bertz CT molecular complexity index is 315. The first kappa shape index (κ1) is 12.2. The summed E-state index contributed by atoms with van der Waals surface area (Å²) in [6, 6.07) is 0.104. The molecule has 96 valence electrons. The van der Waals surface area contributed by atoms with Crippen LogP contribution in [0.2, 0.25) is 0 Å². The van der Waals surface area contributed by atoms with E-state index in [1.807, 2.05) is 11.8 Å². The Labute approximate surface area is 102 Å². The van der Waals surface area contributed by atoms with Crippen molar-refractivity contribution >= 4 is 5.91 Å². The molecule has 1 amide bonds. The number of ether oxygens (including phenoxy) is 2. The molecular formula is C12H20N2O3. The Morgan fingerprint density at radius 3 is 3.00 bits per heavy atom. The van der Waals surface area contributed by atoms with Crippen LogP contribution < -0.4 is 5.73 Å². The normalized spacial score (nSPS) is 26.6. The summed E-state index contributed by atoms with van der Waals surface area (Å²) >= 11 is 0. The van der Waals surface area contributed by atoms with Crippen molar-refractivity contribution in [3.8, 4) is 0 Å². The Morgan fingerprint density at radius 2 is 2.35 bits per heavy atom. The van der Waals surface area contributed by atoms with Crippen molar-refractivity contribution in [1.29, 1.82) is 0 Å². The number of piperidine rings is 1. The first-order valence-electron chi connectivity index (χ1n) is 6.21. The van der Waals surface area contributed by atoms with Crippen LogP contribution in [0.15, 0.2) is 12.0 Å². The van der Waals surface area contributed by atoms with E-state index in [2.05, 4.69) is 0 Å². The van der Waals surface area contributed by atoms with Crippen molar-refractivity contribution in [2.45, 2.75) is 38.3 Å². The molecule has 0 aromatic rings. The van der Waals surface area contributed by atoms with Crippen molar-refractivity contribution in [3.05, 3.63) is 12.0 Å². The maximum Gasteiger partial charge on any atom is 0.292 e. The molecule has 0 radical (unpaired) electrons. The Kier molecular flexibility index (Phi) is 3.89. The Hall–Kier alpha value is -1.23. The number of nitrogens with zero attached hydrogens (tertiary/aromatic N) is 1. The molecule has 2 atom stereocenters. The highest BCUT2D eigenvalue weighted by Crippen LogP contribution is 2.22. The van der Waals surface area contributed by atoms with Crippen molar-refractivity contribution < 1.29 is 14.3 Å². The number of carbonyl (C=O) groups excluding carboxylic acids is 1. The van der Waals surface area contributed by atoms with Gasteiger partial charge in [-0.15, -0.1) is 0 Å². The largest absolute Gasteiger partial charge is 0.494 e. The first-order chi connectivity index (χ1) is 8.20. The summed E-state index contributed by atoms with van der Waals surface area (Å²) in [5.74, 6) is 0.218. The van der Waals surface area contributed by atoms with E-state index in [4.69, 9.17) is 15.2 Å². The van der Waals surface area contributed by atoms with Crippen molar-refractivity contribution in [3.63, 3.8) is 0 Å². The van der Waals surface area contributed by atoms with E-state index in [-0.39, 0.29) is 18.0 Å². The zero-order chi connectivity index (χ0) is 12.3. The van der Waals surface area contributed by atoms with Crippen LogP contribution in [0.25, 0.3) is 0 Å². The summed E-state index contributed by atoms with van der Waals surface area (Å²) in [5, 5.41) is 0. The van der Waals surface area contributed by atoms with Crippen LogP contribution in [-0.4, -0.2) is 42.6 Å². The zero-order valence-corrected chi connectivity index (χ0v) is 10.2. The molecule has 2 N–H and O–H groups in total. The molecule has 0 aliphatic carbocycles. The van der Waals surface area contributed by atoms with Gasteiger partial charge in [-0.3, -0.25) is 4.79 Å². The van der Waals surface area contributed by atoms with Gasteiger partial charge in [-0.05, 0) is 26.2 Å². The van der Waals surface area contributed by atoms with Crippen molar-refractivity contribution in [2.75, 3.05) is 19.8 Å². The molecule has 0 bridgehead atoms. The van der Waals surface area contributed by atoms with Gasteiger partial charge < -0.3 is 20.1 Å². The lowest BCUT2D eigenvalue weighted by molar-refractivity contribution is -0.136. The van der Waals surface area contributed by atoms with Crippen molar-refractivity contribution in [1.82, 2.24) is 4.90 Å². The number of likely N-dealkylation sites (tertiary alicyclic amines) is 1. The quantitative estimate of drug-likeness (QED) is 0.767. The van der Waals surface area contributed by atoms with E-state index < -0.39 is 0 Å². The zero-order valence-electron chi connectivity index (χ0n) is 10.2. The van der Waals surface area contributed by atoms with Crippen LogP contribution in [0, 0.1) is 0 Å². The summed E-state index contributed by atoms with van der Waals surface area (Å²) in [6.07, 6.45) is 4.55. The third kappa shape index (κ3) is 2.72. The molecule has 0 aromatic carbocycles.